The lowest BCUT2D eigenvalue weighted by Crippen LogP contribution is -2.35. The number of ether oxygens (including phenoxy) is 3. The Bertz CT molecular complexity index is 1730. The fourth-order valence-electron chi connectivity index (χ4n) is 6.15. The molecule has 0 aliphatic carbocycles. The van der Waals surface area contributed by atoms with Crippen LogP contribution < -0.4 is 9.47 Å². The zero-order chi connectivity index (χ0) is 29.0. The lowest BCUT2D eigenvalue weighted by Gasteiger charge is -2.33. The van der Waals surface area contributed by atoms with E-state index >= 15 is 0 Å². The van der Waals surface area contributed by atoms with Gasteiger partial charge >= 0.3 is 5.97 Å². The molecule has 0 spiro atoms. The minimum atomic E-state index is -1.32. The molecular formula is C31H29FN4O5S. The van der Waals surface area contributed by atoms with E-state index in [9.17, 15) is 14.3 Å². The number of para-hydroxylation sites is 1. The van der Waals surface area contributed by atoms with E-state index in [1.54, 1.807) is 25.1 Å². The Morgan fingerprint density at radius 3 is 2.71 bits per heavy atom. The molecule has 2 aromatic carbocycles. The van der Waals surface area contributed by atoms with Crippen LogP contribution in [0, 0.1) is 12.4 Å². The van der Waals surface area contributed by atoms with E-state index in [1.165, 1.54) is 17.4 Å². The molecule has 9 nitrogen and oxygen atoms in total. The number of carbonyl (C=O) groups is 1. The van der Waals surface area contributed by atoms with Crippen LogP contribution in [0.4, 0.5) is 10.1 Å². The van der Waals surface area contributed by atoms with Gasteiger partial charge in [0.1, 0.15) is 21.3 Å². The van der Waals surface area contributed by atoms with Gasteiger partial charge in [0.05, 0.1) is 36.8 Å². The Hall–Kier alpha value is -3.98. The molecule has 216 valence electrons. The summed E-state index contributed by atoms with van der Waals surface area (Å²) < 4.78 is 35.2. The number of likely N-dealkylation sites (tertiary alicyclic amines) is 1. The molecule has 42 heavy (non-hydrogen) atoms. The zero-order valence-electron chi connectivity index (χ0n) is 23.0. The normalized spacial score (nSPS) is 22.3. The fraction of sp³-hybridized carbons (Fsp3) is 0.387. The van der Waals surface area contributed by atoms with Gasteiger partial charge in [0.2, 0.25) is 0 Å². The number of carboxylic acids is 1. The summed E-state index contributed by atoms with van der Waals surface area (Å²) in [4.78, 5) is 23.1. The lowest BCUT2D eigenvalue weighted by atomic mass is 9.88. The van der Waals surface area contributed by atoms with Crippen LogP contribution >= 0.6 is 11.3 Å². The molecule has 1 N–H and O–H groups in total. The number of benzene rings is 2. The Balaban J connectivity index is 1.06. The Kier molecular flexibility index (Phi) is 6.65. The van der Waals surface area contributed by atoms with Crippen LogP contribution in [0.5, 0.6) is 11.5 Å². The van der Waals surface area contributed by atoms with E-state index in [1.807, 2.05) is 12.1 Å². The summed E-state index contributed by atoms with van der Waals surface area (Å²) in [6.45, 7) is 12.7. The topological polar surface area (TPSA) is 90.4 Å². The number of rotatable bonds is 7. The summed E-state index contributed by atoms with van der Waals surface area (Å²) in [7, 11) is 0. The van der Waals surface area contributed by atoms with Crippen molar-refractivity contribution >= 4 is 33.3 Å². The van der Waals surface area contributed by atoms with Crippen LogP contribution in [0.2, 0.25) is 0 Å². The average molecular weight is 589 g/mol. The number of aromatic nitrogens is 2. The fourth-order valence-corrected chi connectivity index (χ4v) is 7.04. The summed E-state index contributed by atoms with van der Waals surface area (Å²) in [6, 6.07) is 11.9. The first kappa shape index (κ1) is 26.9. The van der Waals surface area contributed by atoms with Gasteiger partial charge in [-0.1, -0.05) is 24.3 Å². The van der Waals surface area contributed by atoms with Crippen molar-refractivity contribution in [1.29, 1.82) is 0 Å². The molecule has 4 aromatic rings. The number of hydrogen-bond donors (Lipinski definition) is 1. The van der Waals surface area contributed by atoms with Crippen molar-refractivity contribution in [3.8, 4) is 11.5 Å². The number of fused-ring (bicyclic) bond motifs is 2. The highest BCUT2D eigenvalue weighted by molar-refractivity contribution is 7.20. The maximum atomic E-state index is 14.9. The molecule has 3 aliphatic heterocycles. The van der Waals surface area contributed by atoms with Crippen LogP contribution in [0.15, 0.2) is 42.5 Å². The van der Waals surface area contributed by atoms with E-state index in [4.69, 9.17) is 25.8 Å². The van der Waals surface area contributed by atoms with E-state index in [2.05, 4.69) is 20.4 Å². The number of carboxylic acid groups (broad SMARTS) is 1. The van der Waals surface area contributed by atoms with Crippen molar-refractivity contribution in [1.82, 2.24) is 14.5 Å². The monoisotopic (exact) mass is 588 g/mol. The number of piperidine rings is 1. The number of hydrogen-bond acceptors (Lipinski definition) is 7. The summed E-state index contributed by atoms with van der Waals surface area (Å²) in [5, 5.41) is 9.46. The molecule has 0 amide bonds. The molecule has 0 radical (unpaired) electrons. The van der Waals surface area contributed by atoms with Gasteiger partial charge in [-0.15, -0.1) is 11.3 Å². The third kappa shape index (κ3) is 4.69. The first-order valence-electron chi connectivity index (χ1n) is 14.1. The number of imidazole rings is 1. The van der Waals surface area contributed by atoms with Gasteiger partial charge in [0, 0.05) is 19.1 Å². The van der Waals surface area contributed by atoms with Crippen LogP contribution in [0.1, 0.15) is 58.7 Å². The number of thiophene rings is 1. The molecule has 3 aliphatic rings. The van der Waals surface area contributed by atoms with Gasteiger partial charge in [0.25, 0.3) is 5.79 Å². The highest BCUT2D eigenvalue weighted by atomic mass is 32.1. The highest BCUT2D eigenvalue weighted by Gasteiger charge is 2.43. The summed E-state index contributed by atoms with van der Waals surface area (Å²) in [5.41, 5.74) is 2.40. The molecule has 5 heterocycles. The summed E-state index contributed by atoms with van der Waals surface area (Å²) >= 11 is 1.21. The number of nitrogens with zero attached hydrogens (tertiary/aromatic N) is 4. The van der Waals surface area contributed by atoms with E-state index in [0.717, 1.165) is 60.7 Å². The SMILES string of the molecule is [C-]#[N+]c1ccc([C@]2(C)Oc3cccc(C4CCN(Cc5nc6sc(C(=O)O)cc6n5C[C@@H]5CCO5)CC4)c3O2)c(F)c1. The largest absolute Gasteiger partial charge is 0.477 e. The molecule has 2 saturated heterocycles. The smallest absolute Gasteiger partial charge is 0.346 e. The minimum Gasteiger partial charge on any atom is -0.477 e. The van der Waals surface area contributed by atoms with Crippen molar-refractivity contribution in [2.24, 2.45) is 0 Å². The van der Waals surface area contributed by atoms with E-state index in [0.29, 0.717) is 29.5 Å². The van der Waals surface area contributed by atoms with Crippen LogP contribution in [-0.2, 0) is 23.6 Å². The lowest BCUT2D eigenvalue weighted by molar-refractivity contribution is -0.0711. The van der Waals surface area contributed by atoms with Crippen molar-refractivity contribution in [2.75, 3.05) is 19.7 Å². The van der Waals surface area contributed by atoms with Crippen molar-refractivity contribution in [3.05, 3.63) is 81.5 Å². The van der Waals surface area contributed by atoms with Crippen molar-refractivity contribution in [3.63, 3.8) is 0 Å². The van der Waals surface area contributed by atoms with E-state index < -0.39 is 17.6 Å². The molecule has 2 fully saturated rings. The first-order valence-corrected chi connectivity index (χ1v) is 14.9. The quantitative estimate of drug-likeness (QED) is 0.254. The number of aromatic carboxylic acids is 1. The standard InChI is InChI=1S/C31H29FN4O5S/c1-31(22-7-6-19(33-2)14-23(22)32)40-25-5-3-4-21(28(25)41-31)18-8-11-35(12-9-18)17-27-34-29-24(15-26(42-29)30(37)38)36(27)16-20-10-13-39-20/h3-7,14-15,18,20H,8-13,16-17H2,1H3,(H,37,38)/t20-,31+/m0/s1. The maximum absolute atomic E-state index is 14.9. The second kappa shape index (κ2) is 10.4. The average Bonchev–Trinajstić information content (AvgIpc) is 3.62. The second-order valence-corrected chi connectivity index (χ2v) is 12.2. The third-order valence-corrected chi connectivity index (χ3v) is 9.50. The molecule has 2 aromatic heterocycles. The Morgan fingerprint density at radius 1 is 1.21 bits per heavy atom. The van der Waals surface area contributed by atoms with Gasteiger partial charge in [-0.2, -0.15) is 0 Å². The van der Waals surface area contributed by atoms with Gasteiger partial charge in [0.15, 0.2) is 17.2 Å². The Morgan fingerprint density at radius 2 is 2.02 bits per heavy atom. The van der Waals surface area contributed by atoms with Crippen molar-refractivity contribution in [2.45, 2.75) is 57.1 Å². The van der Waals surface area contributed by atoms with Crippen LogP contribution in [0.3, 0.4) is 0 Å². The Labute approximate surface area is 245 Å². The molecule has 2 atom stereocenters. The molecular weight excluding hydrogens is 559 g/mol. The first-order chi connectivity index (χ1) is 20.3. The minimum absolute atomic E-state index is 0.132. The maximum Gasteiger partial charge on any atom is 0.346 e. The molecule has 7 rings (SSSR count). The third-order valence-electron chi connectivity index (χ3n) is 8.49. The van der Waals surface area contributed by atoms with Crippen molar-refractivity contribution < 1.29 is 28.5 Å². The van der Waals surface area contributed by atoms with Crippen LogP contribution in [-0.4, -0.2) is 51.3 Å². The van der Waals surface area contributed by atoms with Crippen LogP contribution in [0.25, 0.3) is 15.2 Å². The van der Waals surface area contributed by atoms with Gasteiger partial charge in [-0.3, -0.25) is 4.90 Å². The van der Waals surface area contributed by atoms with Gasteiger partial charge in [-0.25, -0.2) is 19.0 Å². The number of halogens is 1. The van der Waals surface area contributed by atoms with E-state index in [-0.39, 0.29) is 23.3 Å². The highest BCUT2D eigenvalue weighted by Crippen LogP contribution is 2.50. The zero-order valence-corrected chi connectivity index (χ0v) is 23.8. The van der Waals surface area contributed by atoms with Gasteiger partial charge in [-0.05, 0) is 56.5 Å². The molecule has 0 saturated carbocycles. The molecule has 0 bridgehead atoms. The molecule has 0 unspecified atom stereocenters. The second-order valence-electron chi connectivity index (χ2n) is 11.2. The van der Waals surface area contributed by atoms with Gasteiger partial charge < -0.3 is 23.9 Å². The molecule has 11 heteroatoms. The predicted molar refractivity (Wildman–Crippen MR) is 154 cm³/mol. The summed E-state index contributed by atoms with van der Waals surface area (Å²) in [5.74, 6) is -0.362. The summed E-state index contributed by atoms with van der Waals surface area (Å²) in [6.07, 6.45) is 2.95. The predicted octanol–water partition coefficient (Wildman–Crippen LogP) is 6.30.